The molecule has 2 aromatic heterocycles. The van der Waals surface area contributed by atoms with E-state index in [0.717, 1.165) is 21.8 Å². The van der Waals surface area contributed by atoms with E-state index in [1.807, 2.05) is 0 Å². The fraction of sp³-hybridized carbons (Fsp3) is 0.667. The van der Waals surface area contributed by atoms with Gasteiger partial charge in [0.25, 0.3) is 0 Å². The van der Waals surface area contributed by atoms with Crippen molar-refractivity contribution in [2.45, 2.75) is 49.1 Å². The molecular formula is C15H22N5O16P3. The third-order valence-corrected chi connectivity index (χ3v) is 10.2. The van der Waals surface area contributed by atoms with E-state index in [9.17, 15) is 48.8 Å². The van der Waals surface area contributed by atoms with E-state index >= 15 is 0 Å². The van der Waals surface area contributed by atoms with Crippen LogP contribution in [0.15, 0.2) is 12.7 Å². The van der Waals surface area contributed by atoms with Gasteiger partial charge in [-0.2, -0.15) is 8.62 Å². The molecule has 4 aliphatic heterocycles. The minimum atomic E-state index is -5.84. The monoisotopic (exact) mass is 621 g/mol. The standard InChI is InChI=1S/C15H22N5O16P3/c16-12-7-13-18-4-19(12)14-10(23)8(21)5(33-14)1-31-37(25,26)35-39(29,30)36-38(27,28)32-2-6-9(22)11(24)15(34-6)20(13)3-17-7/h3-6,8-11,14-16,21-24H,1-2H2,(H,25,26)(H,27,28)(H,29,30)/t5-,6-,8-,9-,10-,11-,14?,15-/m1/s1. The maximum Gasteiger partial charge on any atom is 0.490 e. The molecule has 0 aromatic carbocycles. The van der Waals surface area contributed by atoms with Gasteiger partial charge in [-0.3, -0.25) is 23.6 Å². The summed E-state index contributed by atoms with van der Waals surface area (Å²) in [5.74, 6) is 0. The number of imidazole rings is 1. The number of hydrogen-bond acceptors (Lipinski definition) is 16. The Morgan fingerprint density at radius 2 is 1.21 bits per heavy atom. The number of nitrogens with one attached hydrogen (secondary N) is 1. The summed E-state index contributed by atoms with van der Waals surface area (Å²) in [7, 11) is -16.9. The Hall–Kier alpha value is -1.48. The first kappa shape index (κ1) is 29.0. The SMILES string of the molecule is N=c1c2ncn3c2ncn1C1O[C@H](COP(=O)(O)OP(=O)(O)OP(=O)(O)OC[C@H]2O[C@@H]3[C@H](O)[C@@H]2O)[C@@H](O)[C@H]1O. The minimum absolute atomic E-state index is 0.0351. The summed E-state index contributed by atoms with van der Waals surface area (Å²) in [6.45, 7) is -2.00. The van der Waals surface area contributed by atoms with Gasteiger partial charge in [-0.15, -0.1) is 0 Å². The smallest absolute Gasteiger partial charge is 0.387 e. The second kappa shape index (κ2) is 10.1. The zero-order valence-electron chi connectivity index (χ0n) is 19.1. The molecule has 2 saturated heterocycles. The highest BCUT2D eigenvalue weighted by atomic mass is 31.3. The average Bonchev–Trinajstić information content (AvgIpc) is 3.46. The van der Waals surface area contributed by atoms with Gasteiger partial charge in [-0.05, 0) is 0 Å². The summed E-state index contributed by atoms with van der Waals surface area (Å²) in [4.78, 5) is 37.5. The largest absolute Gasteiger partial charge is 0.490 e. The van der Waals surface area contributed by atoms with Crippen LogP contribution < -0.4 is 5.49 Å². The van der Waals surface area contributed by atoms with E-state index in [4.69, 9.17) is 14.9 Å². The number of fused-ring (bicyclic) bond motifs is 9. The predicted octanol–water partition coefficient (Wildman–Crippen LogP) is -2.67. The lowest BCUT2D eigenvalue weighted by Crippen LogP contribution is -2.36. The van der Waals surface area contributed by atoms with Crippen molar-refractivity contribution in [1.82, 2.24) is 19.1 Å². The van der Waals surface area contributed by atoms with Crippen molar-refractivity contribution >= 4 is 34.6 Å². The third-order valence-electron chi connectivity index (χ3n) is 5.99. The lowest BCUT2D eigenvalue weighted by Gasteiger charge is -2.21. The van der Waals surface area contributed by atoms with Gasteiger partial charge in [0.05, 0.1) is 19.5 Å². The summed E-state index contributed by atoms with van der Waals surface area (Å²) in [6, 6.07) is 0. The molecule has 8 bridgehead atoms. The van der Waals surface area contributed by atoms with Crippen molar-refractivity contribution in [3.05, 3.63) is 18.1 Å². The van der Waals surface area contributed by atoms with Gasteiger partial charge < -0.3 is 44.6 Å². The second-order valence-electron chi connectivity index (χ2n) is 8.58. The van der Waals surface area contributed by atoms with Gasteiger partial charge in [0, 0.05) is 0 Å². The molecule has 11 atom stereocenters. The van der Waals surface area contributed by atoms with Crippen LogP contribution in [0.5, 0.6) is 0 Å². The lowest BCUT2D eigenvalue weighted by molar-refractivity contribution is -0.0550. The Bertz CT molecular complexity index is 1470. The molecule has 0 saturated carbocycles. The van der Waals surface area contributed by atoms with Gasteiger partial charge in [0.2, 0.25) is 0 Å². The number of rotatable bonds is 0. The number of phosphoric acid groups is 3. The minimum Gasteiger partial charge on any atom is -0.387 e. The molecule has 0 aliphatic carbocycles. The molecule has 2 fully saturated rings. The third kappa shape index (κ3) is 5.55. The van der Waals surface area contributed by atoms with Gasteiger partial charge >= 0.3 is 23.5 Å². The Morgan fingerprint density at radius 3 is 1.72 bits per heavy atom. The van der Waals surface area contributed by atoms with E-state index in [-0.39, 0.29) is 11.2 Å². The quantitative estimate of drug-likeness (QED) is 0.139. The van der Waals surface area contributed by atoms with E-state index < -0.39 is 91.2 Å². The topological polar surface area (TPSA) is 308 Å². The van der Waals surface area contributed by atoms with E-state index in [2.05, 4.69) is 27.6 Å². The molecule has 39 heavy (non-hydrogen) atoms. The molecule has 4 unspecified atom stereocenters. The molecule has 6 rings (SSSR count). The molecule has 0 spiro atoms. The Balaban J connectivity index is 1.55. The summed E-state index contributed by atoms with van der Waals surface area (Å²) in [6.07, 6.45) is -10.8. The number of hydrogen-bond donors (Lipinski definition) is 8. The first-order chi connectivity index (χ1) is 18.1. The Morgan fingerprint density at radius 1 is 0.744 bits per heavy atom. The molecule has 0 amide bonds. The van der Waals surface area contributed by atoms with E-state index in [0.29, 0.717) is 0 Å². The fourth-order valence-electron chi connectivity index (χ4n) is 4.18. The molecule has 2 aromatic rings. The average molecular weight is 621 g/mol. The van der Waals surface area contributed by atoms with Crippen LogP contribution in [0.4, 0.5) is 0 Å². The van der Waals surface area contributed by atoms with E-state index in [1.165, 1.54) is 0 Å². The molecule has 0 radical (unpaired) electrons. The summed E-state index contributed by atoms with van der Waals surface area (Å²) in [5.41, 5.74) is -0.524. The van der Waals surface area contributed by atoms with Crippen molar-refractivity contribution in [1.29, 1.82) is 5.41 Å². The number of aliphatic hydroxyl groups is 4. The fourth-order valence-corrected chi connectivity index (χ4v) is 7.70. The number of phosphoric ester groups is 2. The zero-order chi connectivity index (χ0) is 28.5. The Kier molecular flexibility index (Phi) is 7.52. The van der Waals surface area contributed by atoms with Gasteiger partial charge in [0.1, 0.15) is 43.0 Å². The van der Waals surface area contributed by atoms with Crippen LogP contribution in [-0.2, 0) is 40.8 Å². The summed E-state index contributed by atoms with van der Waals surface area (Å²) >= 11 is 0. The van der Waals surface area contributed by atoms with Gasteiger partial charge in [-0.1, -0.05) is 0 Å². The molecule has 21 nitrogen and oxygen atoms in total. The molecule has 8 N–H and O–H groups in total. The highest BCUT2D eigenvalue weighted by molar-refractivity contribution is 7.66. The summed E-state index contributed by atoms with van der Waals surface area (Å²) in [5, 5.41) is 50.2. The molecule has 24 heteroatoms. The van der Waals surface area contributed by atoms with Crippen LogP contribution >= 0.6 is 23.5 Å². The van der Waals surface area contributed by atoms with E-state index in [1.54, 1.807) is 0 Å². The number of nitrogens with zero attached hydrogens (tertiary/aromatic N) is 4. The van der Waals surface area contributed by atoms with Crippen LogP contribution in [0.2, 0.25) is 0 Å². The molecule has 6 heterocycles. The maximum atomic E-state index is 12.2. The van der Waals surface area contributed by atoms with Gasteiger partial charge in [-0.25, -0.2) is 23.7 Å². The first-order valence-electron chi connectivity index (χ1n) is 10.8. The van der Waals surface area contributed by atoms with Crippen LogP contribution in [-0.4, -0.2) is 104 Å². The summed E-state index contributed by atoms with van der Waals surface area (Å²) < 4.78 is 66.6. The molecular weight excluding hydrogens is 599 g/mol. The van der Waals surface area contributed by atoms with Crippen molar-refractivity contribution in [2.75, 3.05) is 13.2 Å². The number of aromatic nitrogens is 4. The highest BCUT2D eigenvalue weighted by Gasteiger charge is 2.49. The molecule has 218 valence electrons. The van der Waals surface area contributed by atoms with Crippen molar-refractivity contribution in [3.8, 4) is 0 Å². The lowest BCUT2D eigenvalue weighted by atomic mass is 10.1. The number of ether oxygens (including phenoxy) is 2. The first-order valence-corrected chi connectivity index (χ1v) is 15.3. The van der Waals surface area contributed by atoms with Crippen LogP contribution in [0.1, 0.15) is 12.5 Å². The van der Waals surface area contributed by atoms with Crippen LogP contribution in [0, 0.1) is 5.41 Å². The zero-order valence-corrected chi connectivity index (χ0v) is 21.8. The van der Waals surface area contributed by atoms with Crippen molar-refractivity contribution in [3.63, 3.8) is 0 Å². The predicted molar refractivity (Wildman–Crippen MR) is 117 cm³/mol. The second-order valence-corrected chi connectivity index (χ2v) is 13.2. The van der Waals surface area contributed by atoms with Crippen LogP contribution in [0.25, 0.3) is 11.2 Å². The Labute approximate surface area is 216 Å². The number of aliphatic hydroxyl groups excluding tert-OH is 4. The molecule has 4 aliphatic rings. The van der Waals surface area contributed by atoms with Gasteiger partial charge in [0.15, 0.2) is 29.1 Å². The highest BCUT2D eigenvalue weighted by Crippen LogP contribution is 2.67. The van der Waals surface area contributed by atoms with Crippen molar-refractivity contribution in [2.24, 2.45) is 0 Å². The normalized spacial score (nSPS) is 45.7. The maximum absolute atomic E-state index is 12.2. The van der Waals surface area contributed by atoms with Crippen LogP contribution in [0.3, 0.4) is 0 Å². The van der Waals surface area contributed by atoms with Crippen molar-refractivity contribution < 1.29 is 75.9 Å².